The maximum absolute atomic E-state index is 13.4. The Kier molecular flexibility index (Phi) is 5.91. The first-order chi connectivity index (χ1) is 15.2. The minimum atomic E-state index is -1.70. The number of rotatable bonds is 4. The molecule has 0 aromatic carbocycles. The number of aliphatic hydroxyl groups excluding tert-OH is 1. The second-order valence-corrected chi connectivity index (χ2v) is 13.1. The fourth-order valence-corrected chi connectivity index (χ4v) is 8.30. The van der Waals surface area contributed by atoms with Crippen molar-refractivity contribution in [3.8, 4) is 0 Å². The van der Waals surface area contributed by atoms with Gasteiger partial charge >= 0.3 is 0 Å². The quantitative estimate of drug-likeness (QED) is 0.506. The molecule has 3 fully saturated rings. The van der Waals surface area contributed by atoms with Crippen molar-refractivity contribution in [3.63, 3.8) is 0 Å². The van der Waals surface area contributed by atoms with Gasteiger partial charge in [-0.2, -0.15) is 0 Å². The minimum Gasteiger partial charge on any atom is -0.393 e. The van der Waals surface area contributed by atoms with Gasteiger partial charge in [0.15, 0.2) is 5.78 Å². The number of aliphatic hydroxyl groups is 3. The van der Waals surface area contributed by atoms with Crippen LogP contribution in [0.4, 0.5) is 0 Å². The van der Waals surface area contributed by atoms with E-state index in [-0.39, 0.29) is 23.0 Å². The highest BCUT2D eigenvalue weighted by atomic mass is 16.3. The summed E-state index contributed by atoms with van der Waals surface area (Å²) in [6.45, 7) is 15.6. The van der Waals surface area contributed by atoms with Crippen molar-refractivity contribution in [3.05, 3.63) is 23.8 Å². The fraction of sp³-hybridized carbons (Fsp3) is 0.828. The van der Waals surface area contributed by atoms with Gasteiger partial charge in [0.05, 0.1) is 11.7 Å². The Morgan fingerprint density at radius 2 is 1.61 bits per heavy atom. The van der Waals surface area contributed by atoms with Gasteiger partial charge in [-0.05, 0) is 84.7 Å². The third-order valence-electron chi connectivity index (χ3n) is 11.5. The summed E-state index contributed by atoms with van der Waals surface area (Å²) in [7, 11) is 0. The summed E-state index contributed by atoms with van der Waals surface area (Å²) in [5.41, 5.74) is -3.34. The standard InChI is InChI=1S/C29H46O4/c1-18(2)19(3)8-9-20(4)22-11-12-26(6)23-16-24(31)29(33)17-21(30)10-13-27(29,7)28(23,32)15-14-25(22,26)5/h8-9,16,18-22,30,32-33H,10-15,17H2,1-7H3. The Labute approximate surface area is 200 Å². The van der Waals surface area contributed by atoms with Crippen LogP contribution in [0.5, 0.6) is 0 Å². The molecule has 9 atom stereocenters. The molecule has 0 saturated heterocycles. The van der Waals surface area contributed by atoms with Crippen molar-refractivity contribution < 1.29 is 20.1 Å². The zero-order chi connectivity index (χ0) is 24.6. The first-order valence-electron chi connectivity index (χ1n) is 13.2. The van der Waals surface area contributed by atoms with Crippen LogP contribution in [-0.4, -0.2) is 38.4 Å². The number of fused-ring (bicyclic) bond motifs is 5. The summed E-state index contributed by atoms with van der Waals surface area (Å²) in [6, 6.07) is 0. The molecule has 0 heterocycles. The molecule has 0 bridgehead atoms. The van der Waals surface area contributed by atoms with Crippen LogP contribution in [0.2, 0.25) is 0 Å². The van der Waals surface area contributed by atoms with Crippen molar-refractivity contribution in [1.82, 2.24) is 0 Å². The molecule has 0 aromatic heterocycles. The zero-order valence-corrected chi connectivity index (χ0v) is 21.8. The molecule has 0 aromatic rings. The van der Waals surface area contributed by atoms with Gasteiger partial charge in [-0.3, -0.25) is 4.79 Å². The highest BCUT2D eigenvalue weighted by Crippen LogP contribution is 2.73. The van der Waals surface area contributed by atoms with Gasteiger partial charge < -0.3 is 15.3 Å². The molecule has 0 radical (unpaired) electrons. The highest BCUT2D eigenvalue weighted by molar-refractivity contribution is 6.00. The van der Waals surface area contributed by atoms with Crippen molar-refractivity contribution in [2.24, 2.45) is 39.9 Å². The number of ketones is 1. The highest BCUT2D eigenvalue weighted by Gasteiger charge is 2.73. The van der Waals surface area contributed by atoms with Gasteiger partial charge in [-0.25, -0.2) is 0 Å². The Balaban J connectivity index is 1.73. The molecule has 4 rings (SSSR count). The molecule has 3 N–H and O–H groups in total. The number of hydrogen-bond acceptors (Lipinski definition) is 4. The van der Waals surface area contributed by atoms with Gasteiger partial charge in [-0.1, -0.05) is 60.6 Å². The van der Waals surface area contributed by atoms with Crippen LogP contribution in [0, 0.1) is 39.9 Å². The summed E-state index contributed by atoms with van der Waals surface area (Å²) in [5, 5.41) is 34.2. The lowest BCUT2D eigenvalue weighted by Gasteiger charge is -2.66. The number of hydrogen-bond donors (Lipinski definition) is 3. The van der Waals surface area contributed by atoms with E-state index in [9.17, 15) is 20.1 Å². The first-order valence-corrected chi connectivity index (χ1v) is 13.2. The lowest BCUT2D eigenvalue weighted by Crippen LogP contribution is -2.72. The molecule has 3 saturated carbocycles. The molecule has 4 aliphatic rings. The van der Waals surface area contributed by atoms with E-state index in [1.807, 2.05) is 6.92 Å². The molecule has 0 spiro atoms. The van der Waals surface area contributed by atoms with Crippen LogP contribution >= 0.6 is 0 Å². The largest absolute Gasteiger partial charge is 0.393 e. The van der Waals surface area contributed by atoms with Crippen LogP contribution in [0.1, 0.15) is 93.4 Å². The fourth-order valence-electron chi connectivity index (χ4n) is 8.30. The second kappa shape index (κ2) is 7.77. The van der Waals surface area contributed by atoms with E-state index in [2.05, 4.69) is 53.7 Å². The topological polar surface area (TPSA) is 77.8 Å². The number of carbonyl (C=O) groups is 1. The van der Waals surface area contributed by atoms with Gasteiger partial charge in [-0.15, -0.1) is 0 Å². The SMILES string of the molecule is CC(C)C(C)C=CC(C)C1CCC2(C)C3=CC(=O)C4(O)CC(O)CCC4(C)C3(O)CCC12C. The van der Waals surface area contributed by atoms with Crippen LogP contribution in [0.3, 0.4) is 0 Å². The van der Waals surface area contributed by atoms with E-state index in [4.69, 9.17) is 0 Å². The molecular weight excluding hydrogens is 412 g/mol. The Morgan fingerprint density at radius 1 is 0.939 bits per heavy atom. The number of carbonyl (C=O) groups excluding carboxylic acids is 1. The van der Waals surface area contributed by atoms with E-state index < -0.39 is 22.7 Å². The molecule has 33 heavy (non-hydrogen) atoms. The zero-order valence-electron chi connectivity index (χ0n) is 21.8. The first kappa shape index (κ1) is 25.1. The average Bonchev–Trinajstić information content (AvgIpc) is 3.02. The summed E-state index contributed by atoms with van der Waals surface area (Å²) in [4.78, 5) is 13.4. The predicted molar refractivity (Wildman–Crippen MR) is 131 cm³/mol. The van der Waals surface area contributed by atoms with E-state index >= 15 is 0 Å². The van der Waals surface area contributed by atoms with Gasteiger partial charge in [0.1, 0.15) is 5.60 Å². The van der Waals surface area contributed by atoms with Crippen molar-refractivity contribution in [2.45, 2.75) is 111 Å². The lowest BCUT2D eigenvalue weighted by molar-refractivity contribution is -0.229. The van der Waals surface area contributed by atoms with Crippen LogP contribution in [0.15, 0.2) is 23.8 Å². The Morgan fingerprint density at radius 3 is 2.24 bits per heavy atom. The lowest BCUT2D eigenvalue weighted by atomic mass is 9.40. The van der Waals surface area contributed by atoms with Gasteiger partial charge in [0.2, 0.25) is 0 Å². The smallest absolute Gasteiger partial charge is 0.188 e. The normalized spacial score (nSPS) is 49.4. The minimum absolute atomic E-state index is 0.0148. The van der Waals surface area contributed by atoms with Crippen LogP contribution in [-0.2, 0) is 4.79 Å². The van der Waals surface area contributed by atoms with E-state index in [0.29, 0.717) is 42.9 Å². The van der Waals surface area contributed by atoms with Crippen molar-refractivity contribution in [2.75, 3.05) is 0 Å². The van der Waals surface area contributed by atoms with E-state index in [1.54, 1.807) is 6.08 Å². The van der Waals surface area contributed by atoms with Gasteiger partial charge in [0, 0.05) is 11.8 Å². The monoisotopic (exact) mass is 458 g/mol. The molecule has 186 valence electrons. The van der Waals surface area contributed by atoms with Gasteiger partial charge in [0.25, 0.3) is 0 Å². The molecule has 9 unspecified atom stereocenters. The molecule has 0 amide bonds. The maximum atomic E-state index is 13.4. The number of allylic oxidation sites excluding steroid dienone is 2. The van der Waals surface area contributed by atoms with E-state index in [0.717, 1.165) is 24.8 Å². The summed E-state index contributed by atoms with van der Waals surface area (Å²) >= 11 is 0. The summed E-state index contributed by atoms with van der Waals surface area (Å²) in [5.74, 6) is 1.76. The Bertz CT molecular complexity index is 875. The molecule has 0 aliphatic heterocycles. The molecule has 4 nitrogen and oxygen atoms in total. The summed E-state index contributed by atoms with van der Waals surface area (Å²) in [6.07, 6.45) is 10.1. The third kappa shape index (κ3) is 3.16. The molecule has 4 aliphatic carbocycles. The van der Waals surface area contributed by atoms with Crippen LogP contribution < -0.4 is 0 Å². The van der Waals surface area contributed by atoms with E-state index in [1.165, 1.54) is 0 Å². The van der Waals surface area contributed by atoms with Crippen molar-refractivity contribution >= 4 is 5.78 Å². The summed E-state index contributed by atoms with van der Waals surface area (Å²) < 4.78 is 0. The Hall–Kier alpha value is -0.970. The maximum Gasteiger partial charge on any atom is 0.188 e. The van der Waals surface area contributed by atoms with Crippen LogP contribution in [0.25, 0.3) is 0 Å². The second-order valence-electron chi connectivity index (χ2n) is 13.1. The molecular formula is C29H46O4. The predicted octanol–water partition coefficient (Wildman–Crippen LogP) is 5.21. The molecule has 4 heteroatoms. The average molecular weight is 459 g/mol. The third-order valence-corrected chi connectivity index (χ3v) is 11.5. The van der Waals surface area contributed by atoms with Crippen molar-refractivity contribution in [1.29, 1.82) is 0 Å².